The van der Waals surface area contributed by atoms with Gasteiger partial charge in [0.05, 0.1) is 6.04 Å². The lowest BCUT2D eigenvalue weighted by Gasteiger charge is -2.14. The van der Waals surface area contributed by atoms with Gasteiger partial charge in [0.25, 0.3) is 0 Å². The minimum absolute atomic E-state index is 0.328. The van der Waals surface area contributed by atoms with Gasteiger partial charge >= 0.3 is 0 Å². The molecule has 82 valence electrons. The van der Waals surface area contributed by atoms with E-state index in [1.165, 1.54) is 6.92 Å². The molecule has 5 N–H and O–H groups in total. The van der Waals surface area contributed by atoms with E-state index in [0.717, 1.165) is 5.75 Å². The molecule has 0 aliphatic carbocycles. The summed E-state index contributed by atoms with van der Waals surface area (Å²) in [6.07, 6.45) is 2.54. The standard InChI is InChI=1S/C8H17N3O2S/c1-5(7(10)12)11-8(13)6(9)3-4-14-2/h5-6H,3-4,9H2,1-2H3,(H2,10,12)(H,11,13)/t5?,6-/m1/s1. The highest BCUT2D eigenvalue weighted by molar-refractivity contribution is 7.98. The average molecular weight is 219 g/mol. The summed E-state index contributed by atoms with van der Waals surface area (Å²) in [7, 11) is 0. The predicted molar refractivity (Wildman–Crippen MR) is 57.8 cm³/mol. The van der Waals surface area contributed by atoms with Gasteiger partial charge in [0.1, 0.15) is 6.04 Å². The molecule has 0 aliphatic heterocycles. The number of carbonyl (C=O) groups excluding carboxylic acids is 2. The summed E-state index contributed by atoms with van der Waals surface area (Å²) in [4.78, 5) is 21.9. The van der Waals surface area contributed by atoms with Crippen molar-refractivity contribution in [2.24, 2.45) is 11.5 Å². The topological polar surface area (TPSA) is 98.2 Å². The van der Waals surface area contributed by atoms with Gasteiger partial charge in [-0.15, -0.1) is 0 Å². The van der Waals surface area contributed by atoms with E-state index in [4.69, 9.17) is 11.5 Å². The Labute approximate surface area is 88.0 Å². The van der Waals surface area contributed by atoms with Gasteiger partial charge in [0.15, 0.2) is 0 Å². The molecule has 5 nitrogen and oxygen atoms in total. The first kappa shape index (κ1) is 13.2. The Bertz CT molecular complexity index is 211. The molecule has 0 aromatic carbocycles. The molecule has 0 saturated heterocycles. The van der Waals surface area contributed by atoms with Crippen molar-refractivity contribution in [3.8, 4) is 0 Å². The summed E-state index contributed by atoms with van der Waals surface area (Å²) in [5.41, 5.74) is 10.6. The van der Waals surface area contributed by atoms with Crippen molar-refractivity contribution >= 4 is 23.6 Å². The van der Waals surface area contributed by atoms with Crippen LogP contribution in [0.3, 0.4) is 0 Å². The number of hydrogen-bond donors (Lipinski definition) is 3. The zero-order chi connectivity index (χ0) is 11.1. The molecule has 0 aromatic heterocycles. The SMILES string of the molecule is CSCC[C@@H](N)C(=O)NC(C)C(N)=O. The van der Waals surface area contributed by atoms with Crippen LogP contribution in [0.15, 0.2) is 0 Å². The molecule has 0 aromatic rings. The Morgan fingerprint density at radius 1 is 1.50 bits per heavy atom. The largest absolute Gasteiger partial charge is 0.368 e. The summed E-state index contributed by atoms with van der Waals surface area (Å²) >= 11 is 1.62. The van der Waals surface area contributed by atoms with E-state index in [-0.39, 0.29) is 5.91 Å². The molecule has 2 atom stereocenters. The highest BCUT2D eigenvalue weighted by Crippen LogP contribution is 1.98. The summed E-state index contributed by atoms with van der Waals surface area (Å²) in [5, 5.41) is 2.44. The number of carbonyl (C=O) groups is 2. The Kier molecular flexibility index (Phi) is 6.31. The lowest BCUT2D eigenvalue weighted by atomic mass is 10.2. The summed E-state index contributed by atoms with van der Waals surface area (Å²) in [5.74, 6) is -0.0692. The van der Waals surface area contributed by atoms with Crippen LogP contribution < -0.4 is 16.8 Å². The van der Waals surface area contributed by atoms with Crippen LogP contribution in [0.25, 0.3) is 0 Å². The lowest BCUT2D eigenvalue weighted by Crippen LogP contribution is -2.49. The van der Waals surface area contributed by atoms with Gasteiger partial charge in [-0.05, 0) is 25.4 Å². The van der Waals surface area contributed by atoms with Crippen LogP contribution in [0.4, 0.5) is 0 Å². The van der Waals surface area contributed by atoms with Crippen molar-refractivity contribution in [1.29, 1.82) is 0 Å². The fourth-order valence-electron chi connectivity index (χ4n) is 0.767. The summed E-state index contributed by atoms with van der Waals surface area (Å²) in [6.45, 7) is 1.53. The van der Waals surface area contributed by atoms with Crippen LogP contribution in [0, 0.1) is 0 Å². The highest BCUT2D eigenvalue weighted by atomic mass is 32.2. The third kappa shape index (κ3) is 5.08. The molecule has 0 bridgehead atoms. The van der Waals surface area contributed by atoms with Gasteiger partial charge in [0.2, 0.25) is 11.8 Å². The summed E-state index contributed by atoms with van der Waals surface area (Å²) in [6, 6.07) is -1.23. The quantitative estimate of drug-likeness (QED) is 0.537. The second-order valence-corrected chi connectivity index (χ2v) is 4.01. The number of rotatable bonds is 6. The van der Waals surface area contributed by atoms with Crippen molar-refractivity contribution in [2.45, 2.75) is 25.4 Å². The number of thioether (sulfide) groups is 1. The minimum atomic E-state index is -0.664. The smallest absolute Gasteiger partial charge is 0.239 e. The minimum Gasteiger partial charge on any atom is -0.368 e. The van der Waals surface area contributed by atoms with Crippen molar-refractivity contribution in [2.75, 3.05) is 12.0 Å². The predicted octanol–water partition coefficient (Wildman–Crippen LogP) is -0.943. The van der Waals surface area contributed by atoms with Crippen LogP contribution >= 0.6 is 11.8 Å². The summed E-state index contributed by atoms with van der Waals surface area (Å²) < 4.78 is 0. The molecular formula is C8H17N3O2S. The van der Waals surface area contributed by atoms with Gasteiger partial charge in [-0.2, -0.15) is 11.8 Å². The number of nitrogens with two attached hydrogens (primary N) is 2. The van der Waals surface area contributed by atoms with E-state index in [9.17, 15) is 9.59 Å². The van der Waals surface area contributed by atoms with E-state index in [1.54, 1.807) is 11.8 Å². The molecule has 1 unspecified atom stereocenters. The van der Waals surface area contributed by atoms with E-state index in [2.05, 4.69) is 5.32 Å². The molecular weight excluding hydrogens is 202 g/mol. The van der Waals surface area contributed by atoms with Crippen LogP contribution in [0.1, 0.15) is 13.3 Å². The second-order valence-electron chi connectivity index (χ2n) is 3.02. The molecule has 0 spiro atoms. The Balaban J connectivity index is 3.88. The maximum absolute atomic E-state index is 11.3. The van der Waals surface area contributed by atoms with Gasteiger partial charge in [-0.25, -0.2) is 0 Å². The molecule has 0 saturated carbocycles. The second kappa shape index (κ2) is 6.67. The van der Waals surface area contributed by atoms with Crippen LogP contribution in [-0.2, 0) is 9.59 Å². The van der Waals surface area contributed by atoms with E-state index in [0.29, 0.717) is 6.42 Å². The van der Waals surface area contributed by atoms with Gasteiger partial charge in [-0.3, -0.25) is 9.59 Å². The normalized spacial score (nSPS) is 14.5. The van der Waals surface area contributed by atoms with Gasteiger partial charge < -0.3 is 16.8 Å². The first-order valence-electron chi connectivity index (χ1n) is 4.33. The Morgan fingerprint density at radius 2 is 2.07 bits per heavy atom. The van der Waals surface area contributed by atoms with Crippen molar-refractivity contribution in [1.82, 2.24) is 5.32 Å². The molecule has 0 heterocycles. The van der Waals surface area contributed by atoms with Gasteiger partial charge in [0, 0.05) is 0 Å². The zero-order valence-corrected chi connectivity index (χ0v) is 9.26. The van der Waals surface area contributed by atoms with Crippen molar-refractivity contribution in [3.63, 3.8) is 0 Å². The third-order valence-corrected chi connectivity index (χ3v) is 2.40. The number of amides is 2. The van der Waals surface area contributed by atoms with Crippen molar-refractivity contribution < 1.29 is 9.59 Å². The maximum atomic E-state index is 11.3. The monoisotopic (exact) mass is 219 g/mol. The molecule has 14 heavy (non-hydrogen) atoms. The van der Waals surface area contributed by atoms with E-state index in [1.807, 2.05) is 6.26 Å². The number of nitrogens with one attached hydrogen (secondary N) is 1. The first-order valence-corrected chi connectivity index (χ1v) is 5.72. The van der Waals surface area contributed by atoms with E-state index < -0.39 is 18.0 Å². The average Bonchev–Trinajstić information content (AvgIpc) is 2.13. The lowest BCUT2D eigenvalue weighted by molar-refractivity contribution is -0.127. The molecule has 0 radical (unpaired) electrons. The number of primary amides is 1. The van der Waals surface area contributed by atoms with Crippen LogP contribution in [-0.4, -0.2) is 35.9 Å². The Hall–Kier alpha value is -0.750. The molecule has 6 heteroatoms. The maximum Gasteiger partial charge on any atom is 0.239 e. The van der Waals surface area contributed by atoms with Crippen LogP contribution in [0.2, 0.25) is 0 Å². The van der Waals surface area contributed by atoms with E-state index >= 15 is 0 Å². The fraction of sp³-hybridized carbons (Fsp3) is 0.750. The highest BCUT2D eigenvalue weighted by Gasteiger charge is 2.17. The number of hydrogen-bond acceptors (Lipinski definition) is 4. The third-order valence-electron chi connectivity index (χ3n) is 1.76. The molecule has 0 aliphatic rings. The molecule has 0 fully saturated rings. The van der Waals surface area contributed by atoms with Crippen molar-refractivity contribution in [3.05, 3.63) is 0 Å². The zero-order valence-electron chi connectivity index (χ0n) is 8.45. The fourth-order valence-corrected chi connectivity index (χ4v) is 1.26. The Morgan fingerprint density at radius 3 is 2.50 bits per heavy atom. The van der Waals surface area contributed by atoms with Gasteiger partial charge in [-0.1, -0.05) is 0 Å². The first-order chi connectivity index (χ1) is 6.49. The molecule has 0 rings (SSSR count). The van der Waals surface area contributed by atoms with Crippen LogP contribution in [0.5, 0.6) is 0 Å². The molecule has 2 amide bonds.